The predicted octanol–water partition coefficient (Wildman–Crippen LogP) is 2.94. The zero-order chi connectivity index (χ0) is 14.8. The molecule has 1 aromatic heterocycles. The highest BCUT2D eigenvalue weighted by atomic mass is 32.2. The van der Waals surface area contributed by atoms with E-state index in [0.717, 1.165) is 0 Å². The van der Waals surface area contributed by atoms with Gasteiger partial charge in [-0.05, 0) is 30.3 Å². The van der Waals surface area contributed by atoms with Crippen molar-refractivity contribution in [3.8, 4) is 0 Å². The van der Waals surface area contributed by atoms with Crippen LogP contribution in [0.3, 0.4) is 0 Å². The van der Waals surface area contributed by atoms with Gasteiger partial charge in [0.1, 0.15) is 11.6 Å². The SMILES string of the molecule is Nc1ccc(F)cc1SCc1nc2ccccc2c(=O)[nH]1. The molecule has 0 bridgehead atoms. The van der Waals surface area contributed by atoms with Crippen LogP contribution < -0.4 is 11.3 Å². The average Bonchev–Trinajstić information content (AvgIpc) is 2.48. The Balaban J connectivity index is 1.88. The number of thioether (sulfide) groups is 1. The Morgan fingerprint density at radius 2 is 2.05 bits per heavy atom. The van der Waals surface area contributed by atoms with Crippen LogP contribution >= 0.6 is 11.8 Å². The van der Waals surface area contributed by atoms with Gasteiger partial charge in [-0.25, -0.2) is 9.37 Å². The number of halogens is 1. The van der Waals surface area contributed by atoms with Gasteiger partial charge >= 0.3 is 0 Å². The van der Waals surface area contributed by atoms with Crippen LogP contribution in [-0.4, -0.2) is 9.97 Å². The first-order valence-electron chi connectivity index (χ1n) is 6.29. The first kappa shape index (κ1) is 13.6. The summed E-state index contributed by atoms with van der Waals surface area (Å²) >= 11 is 1.33. The third-order valence-electron chi connectivity index (χ3n) is 3.00. The first-order chi connectivity index (χ1) is 10.1. The maximum absolute atomic E-state index is 13.2. The van der Waals surface area contributed by atoms with Crippen LogP contribution in [0, 0.1) is 5.82 Å². The number of benzene rings is 2. The van der Waals surface area contributed by atoms with Gasteiger partial charge in [0, 0.05) is 10.6 Å². The molecular formula is C15H12FN3OS. The molecule has 0 unspecified atom stereocenters. The van der Waals surface area contributed by atoms with E-state index in [4.69, 9.17) is 5.73 Å². The first-order valence-corrected chi connectivity index (χ1v) is 7.28. The largest absolute Gasteiger partial charge is 0.398 e. The van der Waals surface area contributed by atoms with Crippen LogP contribution in [0.15, 0.2) is 52.2 Å². The molecular weight excluding hydrogens is 289 g/mol. The summed E-state index contributed by atoms with van der Waals surface area (Å²) < 4.78 is 13.2. The number of nitrogens with zero attached hydrogens (tertiary/aromatic N) is 1. The fourth-order valence-corrected chi connectivity index (χ4v) is 2.84. The molecule has 0 atom stereocenters. The highest BCUT2D eigenvalue weighted by molar-refractivity contribution is 7.98. The zero-order valence-corrected chi connectivity index (χ0v) is 11.8. The highest BCUT2D eigenvalue weighted by Crippen LogP contribution is 2.27. The summed E-state index contributed by atoms with van der Waals surface area (Å²) in [6, 6.07) is 11.3. The molecule has 0 radical (unpaired) electrons. The molecule has 3 aromatic rings. The number of H-pyrrole nitrogens is 1. The van der Waals surface area contributed by atoms with Crippen LogP contribution in [0.5, 0.6) is 0 Å². The van der Waals surface area contributed by atoms with Crippen molar-refractivity contribution >= 4 is 28.4 Å². The summed E-state index contributed by atoms with van der Waals surface area (Å²) in [6.45, 7) is 0. The molecule has 1 heterocycles. The zero-order valence-electron chi connectivity index (χ0n) is 11.0. The maximum Gasteiger partial charge on any atom is 0.258 e. The topological polar surface area (TPSA) is 71.8 Å². The summed E-state index contributed by atoms with van der Waals surface area (Å²) in [5.74, 6) is 0.604. The van der Waals surface area contributed by atoms with Gasteiger partial charge in [0.15, 0.2) is 0 Å². The van der Waals surface area contributed by atoms with Gasteiger partial charge in [-0.3, -0.25) is 4.79 Å². The molecule has 0 aliphatic rings. The van der Waals surface area contributed by atoms with Crippen molar-refractivity contribution in [1.29, 1.82) is 0 Å². The number of hydrogen-bond acceptors (Lipinski definition) is 4. The van der Waals surface area contributed by atoms with Crippen LogP contribution in [0.2, 0.25) is 0 Å². The van der Waals surface area contributed by atoms with Crippen LogP contribution in [-0.2, 0) is 5.75 Å². The Hall–Kier alpha value is -2.34. The maximum atomic E-state index is 13.2. The van der Waals surface area contributed by atoms with Crippen molar-refractivity contribution < 1.29 is 4.39 Å². The molecule has 3 rings (SSSR count). The second-order valence-corrected chi connectivity index (χ2v) is 5.52. The molecule has 0 spiro atoms. The van der Waals surface area contributed by atoms with Crippen molar-refractivity contribution in [1.82, 2.24) is 9.97 Å². The highest BCUT2D eigenvalue weighted by Gasteiger charge is 2.06. The number of nitrogen functional groups attached to an aromatic ring is 1. The van der Waals surface area contributed by atoms with Gasteiger partial charge in [-0.15, -0.1) is 11.8 Å². The van der Waals surface area contributed by atoms with Crippen LogP contribution in [0.25, 0.3) is 10.9 Å². The van der Waals surface area contributed by atoms with Gasteiger partial charge in [0.25, 0.3) is 5.56 Å². The third-order valence-corrected chi connectivity index (χ3v) is 4.08. The van der Waals surface area contributed by atoms with E-state index in [2.05, 4.69) is 9.97 Å². The molecule has 106 valence electrons. The van der Waals surface area contributed by atoms with E-state index in [1.807, 2.05) is 6.07 Å². The normalized spacial score (nSPS) is 10.9. The predicted molar refractivity (Wildman–Crippen MR) is 82.7 cm³/mol. The van der Waals surface area contributed by atoms with Crippen molar-refractivity contribution in [3.63, 3.8) is 0 Å². The minimum absolute atomic E-state index is 0.177. The number of aromatic nitrogens is 2. The smallest absolute Gasteiger partial charge is 0.258 e. The van der Waals surface area contributed by atoms with Crippen molar-refractivity contribution in [2.75, 3.05) is 5.73 Å². The molecule has 21 heavy (non-hydrogen) atoms. The van der Waals surface area contributed by atoms with Gasteiger partial charge in [0.05, 0.1) is 16.7 Å². The van der Waals surface area contributed by atoms with Gasteiger partial charge in [0.2, 0.25) is 0 Å². The molecule has 0 amide bonds. The van der Waals surface area contributed by atoms with Crippen molar-refractivity contribution in [2.24, 2.45) is 0 Å². The number of nitrogens with two attached hydrogens (primary N) is 1. The Morgan fingerprint density at radius 3 is 2.90 bits per heavy atom. The van der Waals surface area contributed by atoms with E-state index in [1.165, 1.54) is 30.0 Å². The summed E-state index contributed by atoms with van der Waals surface area (Å²) in [5.41, 5.74) is 6.76. The molecule has 2 aromatic carbocycles. The molecule has 6 heteroatoms. The molecule has 0 fully saturated rings. The molecule has 0 aliphatic carbocycles. The fraction of sp³-hybridized carbons (Fsp3) is 0.0667. The molecule has 0 saturated carbocycles. The van der Waals surface area contributed by atoms with Crippen molar-refractivity contribution in [3.05, 3.63) is 64.5 Å². The molecule has 0 aliphatic heterocycles. The summed E-state index contributed by atoms with van der Waals surface area (Å²) in [5, 5.41) is 0.552. The van der Waals surface area contributed by atoms with E-state index in [1.54, 1.807) is 18.2 Å². The van der Waals surface area contributed by atoms with E-state index in [0.29, 0.717) is 33.1 Å². The van der Waals surface area contributed by atoms with Crippen molar-refractivity contribution in [2.45, 2.75) is 10.6 Å². The fourth-order valence-electron chi connectivity index (χ4n) is 1.98. The monoisotopic (exact) mass is 301 g/mol. The van der Waals surface area contributed by atoms with Gasteiger partial charge < -0.3 is 10.7 Å². The van der Waals surface area contributed by atoms with E-state index in [-0.39, 0.29) is 11.4 Å². The minimum atomic E-state index is -0.341. The van der Waals surface area contributed by atoms with Crippen LogP contribution in [0.4, 0.5) is 10.1 Å². The second kappa shape index (κ2) is 5.57. The molecule has 3 N–H and O–H groups in total. The van der Waals surface area contributed by atoms with E-state index >= 15 is 0 Å². The van der Waals surface area contributed by atoms with Gasteiger partial charge in [-0.1, -0.05) is 12.1 Å². The third kappa shape index (κ3) is 2.90. The Labute approximate surface area is 124 Å². The summed E-state index contributed by atoms with van der Waals surface area (Å²) in [4.78, 5) is 19.7. The Bertz CT molecular complexity index is 863. The number of fused-ring (bicyclic) bond motifs is 1. The number of anilines is 1. The standard InChI is InChI=1S/C15H12FN3OS/c16-9-5-6-11(17)13(7-9)21-8-14-18-12-4-2-1-3-10(12)15(20)19-14/h1-7H,8,17H2,(H,18,19,20). The summed E-state index contributed by atoms with van der Waals surface area (Å²) in [6.07, 6.45) is 0. The lowest BCUT2D eigenvalue weighted by Crippen LogP contribution is -2.11. The lowest BCUT2D eigenvalue weighted by Gasteiger charge is -2.06. The summed E-state index contributed by atoms with van der Waals surface area (Å²) in [7, 11) is 0. The quantitative estimate of drug-likeness (QED) is 0.576. The number of para-hydroxylation sites is 1. The minimum Gasteiger partial charge on any atom is -0.398 e. The Kier molecular flexibility index (Phi) is 3.62. The van der Waals surface area contributed by atoms with E-state index in [9.17, 15) is 9.18 Å². The number of aromatic amines is 1. The lowest BCUT2D eigenvalue weighted by molar-refractivity contribution is 0.624. The van der Waals surface area contributed by atoms with Gasteiger partial charge in [-0.2, -0.15) is 0 Å². The Morgan fingerprint density at radius 1 is 1.24 bits per heavy atom. The second-order valence-electron chi connectivity index (χ2n) is 4.50. The van der Waals surface area contributed by atoms with Crippen LogP contribution in [0.1, 0.15) is 5.82 Å². The molecule has 4 nitrogen and oxygen atoms in total. The average molecular weight is 301 g/mol. The lowest BCUT2D eigenvalue weighted by atomic mass is 10.2. The molecule has 0 saturated heterocycles. The number of hydrogen-bond donors (Lipinski definition) is 2. The van der Waals surface area contributed by atoms with E-state index < -0.39 is 0 Å². The number of rotatable bonds is 3. The number of nitrogens with one attached hydrogen (secondary N) is 1.